The lowest BCUT2D eigenvalue weighted by molar-refractivity contribution is 0.338. The summed E-state index contributed by atoms with van der Waals surface area (Å²) in [5, 5.41) is 29.9. The van der Waals surface area contributed by atoms with Crippen LogP contribution in [0.2, 0.25) is 0 Å². The molecule has 0 bridgehead atoms. The summed E-state index contributed by atoms with van der Waals surface area (Å²) >= 11 is 0. The smallest absolute Gasteiger partial charge is 0.235 e. The standard InChI is InChI=1S/C53H42N2.C48H40N2.C42H28N2O/c1-52(2)53(3,4)55(51(54-52)37-17-6-5-7-18-37)44-22-14-21-40(33-44)41-29-30-47-48(34-41)50(43-28-26-36-16-9-11-20-39(36)32-43)46-24-13-12-23-45(46)49(47)42-27-25-35-15-8-10-19-38(35)31-42;1-31-49-47(2,3)48(4,5)50(31)40-18-12-17-36(29-40)37-25-26-43-44(30-37)46(39-24-22-33-14-7-9-16-35(33)28-39)42-20-11-10-19-41(42)45(43)38-23-21-32-13-6-8-15-34(32)27-38;1-3-9-29-23-32(15-13-27(29)7-1)40-35-11-5-6-12-36(35)41(33-16-14-28-8-2-4-10-30(28)24-33)38-25-31(17-19-37(38)40)34-18-20-39(44-26-34)42-43-21-22-45-42/h5-34H,1-4H3;6-30H,1-5H3;1-20,23-26H,21-22H2. The molecule has 4 heterocycles. The van der Waals surface area contributed by atoms with Crippen molar-refractivity contribution in [3.63, 3.8) is 0 Å². The van der Waals surface area contributed by atoms with Gasteiger partial charge in [0.2, 0.25) is 5.90 Å². The van der Waals surface area contributed by atoms with E-state index in [4.69, 9.17) is 19.7 Å². The van der Waals surface area contributed by atoms with E-state index in [9.17, 15) is 0 Å². The number of fused-ring (bicyclic) bond motifs is 12. The molecule has 0 aliphatic carbocycles. The molecule has 7 heteroatoms. The fourth-order valence-electron chi connectivity index (χ4n) is 23.8. The van der Waals surface area contributed by atoms with Crippen molar-refractivity contribution < 1.29 is 4.74 Å². The zero-order chi connectivity index (χ0) is 101. The van der Waals surface area contributed by atoms with Crippen molar-refractivity contribution in [3.05, 3.63) is 491 Å². The Labute approximate surface area is 874 Å². The van der Waals surface area contributed by atoms with Crippen LogP contribution < -0.4 is 9.80 Å². The number of aliphatic imine (C=N–C) groups is 3. The highest BCUT2D eigenvalue weighted by molar-refractivity contribution is 6.27. The number of nitrogens with zero attached hydrogens (tertiary/aromatic N) is 6. The van der Waals surface area contributed by atoms with Gasteiger partial charge in [0.15, 0.2) is 0 Å². The van der Waals surface area contributed by atoms with Gasteiger partial charge in [0, 0.05) is 28.7 Å². The molecule has 718 valence electrons. The number of rotatable bonds is 13. The van der Waals surface area contributed by atoms with Gasteiger partial charge in [-0.15, -0.1) is 0 Å². The van der Waals surface area contributed by atoms with Gasteiger partial charge in [-0.05, 0) is 371 Å². The van der Waals surface area contributed by atoms with Crippen LogP contribution in [-0.4, -0.2) is 57.9 Å². The third-order valence-corrected chi connectivity index (χ3v) is 32.6. The highest BCUT2D eigenvalue weighted by atomic mass is 16.5. The average molecular weight is 1930 g/mol. The van der Waals surface area contributed by atoms with Crippen molar-refractivity contribution in [2.24, 2.45) is 15.0 Å². The van der Waals surface area contributed by atoms with Crippen molar-refractivity contribution in [1.29, 1.82) is 0 Å². The van der Waals surface area contributed by atoms with Gasteiger partial charge in [-0.3, -0.25) is 15.0 Å². The quantitative estimate of drug-likeness (QED) is 0.108. The molecule has 7 nitrogen and oxygen atoms in total. The summed E-state index contributed by atoms with van der Waals surface area (Å²) in [6, 6.07) is 174. The predicted molar refractivity (Wildman–Crippen MR) is 641 cm³/mol. The van der Waals surface area contributed by atoms with E-state index in [1.807, 2.05) is 12.3 Å². The third kappa shape index (κ3) is 16.1. The van der Waals surface area contributed by atoms with Crippen LogP contribution in [0.4, 0.5) is 11.4 Å². The molecule has 150 heavy (non-hydrogen) atoms. The number of aromatic nitrogens is 1. The molecule has 3 aliphatic heterocycles. The Balaban J connectivity index is 0.000000114. The Hall–Kier alpha value is -18.0. The molecule has 0 unspecified atom stereocenters. The van der Waals surface area contributed by atoms with Crippen LogP contribution in [0.15, 0.2) is 494 Å². The van der Waals surface area contributed by atoms with Crippen LogP contribution >= 0.6 is 0 Å². The van der Waals surface area contributed by atoms with Crippen molar-refractivity contribution in [3.8, 4) is 100 Å². The van der Waals surface area contributed by atoms with E-state index < -0.39 is 0 Å². The Morgan fingerprint density at radius 2 is 0.480 bits per heavy atom. The van der Waals surface area contributed by atoms with Crippen molar-refractivity contribution in [1.82, 2.24) is 4.98 Å². The lowest BCUT2D eigenvalue weighted by Gasteiger charge is -2.41. The molecule has 3 aliphatic rings. The molecule has 0 radical (unpaired) electrons. The van der Waals surface area contributed by atoms with Gasteiger partial charge in [0.05, 0.1) is 28.7 Å². The fraction of sp³-hybridized carbons (Fsp3) is 0.105. The summed E-state index contributed by atoms with van der Waals surface area (Å²) in [7, 11) is 0. The molecule has 25 aromatic rings. The fourth-order valence-corrected chi connectivity index (χ4v) is 23.8. The number of hydrogen-bond acceptors (Lipinski definition) is 7. The second kappa shape index (κ2) is 36.9. The molecule has 0 N–H and O–H groups in total. The molecular formula is C143H110N6O. The monoisotopic (exact) mass is 1930 g/mol. The minimum absolute atomic E-state index is 0.157. The van der Waals surface area contributed by atoms with Crippen LogP contribution in [0, 0.1) is 0 Å². The molecule has 0 amide bonds. The first-order valence-electron chi connectivity index (χ1n) is 52.3. The summed E-state index contributed by atoms with van der Waals surface area (Å²) in [5.41, 5.74) is 25.2. The summed E-state index contributed by atoms with van der Waals surface area (Å²) in [5.74, 6) is 2.70. The average Bonchev–Trinajstić information content (AvgIpc) is 1.00. The van der Waals surface area contributed by atoms with Crippen LogP contribution in [-0.2, 0) is 4.74 Å². The van der Waals surface area contributed by atoms with E-state index in [2.05, 4.69) is 544 Å². The van der Waals surface area contributed by atoms with E-state index in [0.29, 0.717) is 19.0 Å². The van der Waals surface area contributed by atoms with Gasteiger partial charge in [0.1, 0.15) is 24.0 Å². The van der Waals surface area contributed by atoms with Crippen molar-refractivity contribution >= 4 is 158 Å². The Kier molecular flexibility index (Phi) is 22.6. The van der Waals surface area contributed by atoms with Crippen LogP contribution in [0.5, 0.6) is 0 Å². The number of hydrogen-bond donors (Lipinski definition) is 0. The summed E-state index contributed by atoms with van der Waals surface area (Å²) in [6.07, 6.45) is 1.93. The minimum atomic E-state index is -0.286. The third-order valence-electron chi connectivity index (χ3n) is 32.6. The predicted octanol–water partition coefficient (Wildman–Crippen LogP) is 37.7. The van der Waals surface area contributed by atoms with Gasteiger partial charge in [-0.2, -0.15) is 0 Å². The van der Waals surface area contributed by atoms with E-state index in [1.165, 1.54) is 224 Å². The maximum atomic E-state index is 5.65. The highest BCUT2D eigenvalue weighted by Crippen LogP contribution is 2.53. The SMILES string of the molecule is CC1(C)N=C(c2ccccc2)N(c2cccc(-c3ccc4c(-c5ccc6ccccc6c5)c5ccccc5c(-c5ccc6ccccc6c5)c4c3)c2)C1(C)C.CC1=NC(C)(C)C(C)(C)N1c1cccc(-c2ccc3c(-c4ccc5ccccc5c4)c4ccccc4c(-c4ccc5ccccc5c4)c3c2)c1.c1ccc2cc(-c3c4ccccc4c(-c4ccc5ccccc5c4)c4cc(-c5ccc(C6=NCCO6)nc5)ccc34)ccc2c1. The largest absolute Gasteiger partial charge is 0.474 e. The number of anilines is 2. The summed E-state index contributed by atoms with van der Waals surface area (Å²) in [4.78, 5) is 24.4. The van der Waals surface area contributed by atoms with Gasteiger partial charge in [-0.1, -0.05) is 388 Å². The molecule has 0 saturated heterocycles. The van der Waals surface area contributed by atoms with Crippen molar-refractivity contribution in [2.45, 2.75) is 84.5 Å². The highest BCUT2D eigenvalue weighted by Gasteiger charge is 2.51. The normalized spacial score (nSPS) is 14.5. The molecule has 28 rings (SSSR count). The second-order valence-electron chi connectivity index (χ2n) is 42.5. The van der Waals surface area contributed by atoms with E-state index in [1.54, 1.807) is 0 Å². The summed E-state index contributed by atoms with van der Waals surface area (Å²) in [6.45, 7) is 21.6. The zero-order valence-corrected chi connectivity index (χ0v) is 85.6. The maximum absolute atomic E-state index is 5.65. The first-order chi connectivity index (χ1) is 73.3. The molecule has 24 aromatic carbocycles. The topological polar surface area (TPSA) is 65.7 Å². The lowest BCUT2D eigenvalue weighted by Crippen LogP contribution is -2.53. The molecular weight excluding hydrogens is 1820 g/mol. The van der Waals surface area contributed by atoms with Gasteiger partial charge in [0.25, 0.3) is 0 Å². The molecule has 0 spiro atoms. The number of ether oxygens (including phenoxy) is 1. The van der Waals surface area contributed by atoms with E-state index in [0.717, 1.165) is 39.7 Å². The first-order valence-corrected chi connectivity index (χ1v) is 52.3. The van der Waals surface area contributed by atoms with E-state index in [-0.39, 0.29) is 22.2 Å². The van der Waals surface area contributed by atoms with Crippen LogP contribution in [0.3, 0.4) is 0 Å². The van der Waals surface area contributed by atoms with E-state index >= 15 is 0 Å². The number of benzene rings is 24. The lowest BCUT2D eigenvalue weighted by atomic mass is 9.82. The molecule has 0 fully saturated rings. The zero-order valence-electron chi connectivity index (χ0n) is 85.6. The first kappa shape index (κ1) is 91.9. The molecule has 0 saturated carbocycles. The van der Waals surface area contributed by atoms with Crippen molar-refractivity contribution in [2.75, 3.05) is 23.0 Å². The Bertz CT molecular complexity index is 9910. The van der Waals surface area contributed by atoms with Crippen LogP contribution in [0.1, 0.15) is 73.6 Å². The maximum Gasteiger partial charge on any atom is 0.235 e. The van der Waals surface area contributed by atoms with Gasteiger partial charge >= 0.3 is 0 Å². The molecule has 0 atom stereocenters. The minimum Gasteiger partial charge on any atom is -0.474 e. The Morgan fingerprint density at radius 3 is 0.793 bits per heavy atom. The van der Waals surface area contributed by atoms with Gasteiger partial charge < -0.3 is 14.5 Å². The Morgan fingerprint density at radius 1 is 0.213 bits per heavy atom. The van der Waals surface area contributed by atoms with Crippen LogP contribution in [0.25, 0.3) is 229 Å². The summed E-state index contributed by atoms with van der Waals surface area (Å²) < 4.78 is 5.65. The second-order valence-corrected chi connectivity index (χ2v) is 42.5. The number of pyridine rings is 1. The number of amidine groups is 2. The van der Waals surface area contributed by atoms with Gasteiger partial charge in [-0.25, -0.2) is 4.99 Å². The molecule has 1 aromatic heterocycles.